The van der Waals surface area contributed by atoms with Gasteiger partial charge in [-0.25, -0.2) is 9.37 Å². The van der Waals surface area contributed by atoms with E-state index >= 15 is 0 Å². The highest BCUT2D eigenvalue weighted by atomic mass is 19.1. The fourth-order valence-corrected chi connectivity index (χ4v) is 3.76. The van der Waals surface area contributed by atoms with Crippen LogP contribution >= 0.6 is 0 Å². The van der Waals surface area contributed by atoms with Crippen LogP contribution in [0.15, 0.2) is 48.5 Å². The van der Waals surface area contributed by atoms with Crippen molar-refractivity contribution >= 4 is 28.5 Å². The van der Waals surface area contributed by atoms with Crippen molar-refractivity contribution in [1.82, 2.24) is 20.2 Å². The maximum absolute atomic E-state index is 13.3. The summed E-state index contributed by atoms with van der Waals surface area (Å²) in [7, 11) is 1.64. The number of methoxy groups -OCH3 is 1. The van der Waals surface area contributed by atoms with Gasteiger partial charge in [-0.3, -0.25) is 5.10 Å². The molecule has 4 aromatic rings. The third-order valence-corrected chi connectivity index (χ3v) is 5.80. The summed E-state index contributed by atoms with van der Waals surface area (Å²) in [4.78, 5) is 9.45. The van der Waals surface area contributed by atoms with Crippen molar-refractivity contribution in [1.29, 1.82) is 0 Å². The van der Waals surface area contributed by atoms with Crippen LogP contribution in [0.3, 0.4) is 0 Å². The summed E-state index contributed by atoms with van der Waals surface area (Å²) in [5.41, 5.74) is 2.79. The number of benzene rings is 2. The third kappa shape index (κ3) is 5.09. The number of aromatic nitrogens is 4. The van der Waals surface area contributed by atoms with Crippen molar-refractivity contribution in [2.24, 2.45) is 0 Å². The molecule has 8 nitrogen and oxygen atoms in total. The number of halogens is 1. The van der Waals surface area contributed by atoms with Crippen LogP contribution in [0.4, 0.5) is 22.0 Å². The SMILES string of the molecule is COCCOc1ccc2c(Nc3cc(C4CC4)[nH]n3)nc(N[C@@H](C)c3ccc(F)cc3)nc2c1. The van der Waals surface area contributed by atoms with Crippen molar-refractivity contribution in [2.75, 3.05) is 31.0 Å². The molecule has 1 saturated carbocycles. The molecule has 2 aromatic carbocycles. The van der Waals surface area contributed by atoms with Gasteiger partial charge in [0.15, 0.2) is 5.82 Å². The first-order chi connectivity index (χ1) is 16.6. The fourth-order valence-electron chi connectivity index (χ4n) is 3.76. The maximum Gasteiger partial charge on any atom is 0.225 e. The molecule has 0 radical (unpaired) electrons. The third-order valence-electron chi connectivity index (χ3n) is 5.80. The van der Waals surface area contributed by atoms with E-state index in [0.717, 1.165) is 22.2 Å². The first-order valence-corrected chi connectivity index (χ1v) is 11.4. The van der Waals surface area contributed by atoms with Crippen molar-refractivity contribution in [3.8, 4) is 5.75 Å². The minimum absolute atomic E-state index is 0.126. The quantitative estimate of drug-likeness (QED) is 0.275. The lowest BCUT2D eigenvalue weighted by molar-refractivity contribution is 0.146. The molecule has 34 heavy (non-hydrogen) atoms. The number of H-pyrrole nitrogens is 1. The monoisotopic (exact) mass is 462 g/mol. The average molecular weight is 463 g/mol. The smallest absolute Gasteiger partial charge is 0.225 e. The lowest BCUT2D eigenvalue weighted by Gasteiger charge is -2.16. The number of aromatic amines is 1. The van der Waals surface area contributed by atoms with Gasteiger partial charge in [0, 0.05) is 36.2 Å². The Bertz CT molecular complexity index is 1270. The van der Waals surface area contributed by atoms with Gasteiger partial charge in [-0.05, 0) is 49.6 Å². The first-order valence-electron chi connectivity index (χ1n) is 11.4. The van der Waals surface area contributed by atoms with E-state index < -0.39 is 0 Å². The van der Waals surface area contributed by atoms with Crippen LogP contribution in [0.25, 0.3) is 10.9 Å². The Morgan fingerprint density at radius 3 is 2.68 bits per heavy atom. The molecule has 0 spiro atoms. The summed E-state index contributed by atoms with van der Waals surface area (Å²) in [6.07, 6.45) is 2.39. The second kappa shape index (κ2) is 9.64. The number of nitrogens with one attached hydrogen (secondary N) is 3. The Hall–Kier alpha value is -3.72. The second-order valence-electron chi connectivity index (χ2n) is 8.44. The largest absolute Gasteiger partial charge is 0.491 e. The van der Waals surface area contributed by atoms with Crippen molar-refractivity contribution in [3.63, 3.8) is 0 Å². The highest BCUT2D eigenvalue weighted by Gasteiger charge is 2.25. The zero-order valence-electron chi connectivity index (χ0n) is 19.1. The molecule has 5 rings (SSSR count). The van der Waals surface area contributed by atoms with Crippen LogP contribution in [-0.2, 0) is 4.74 Å². The van der Waals surface area contributed by atoms with Gasteiger partial charge >= 0.3 is 0 Å². The van der Waals surface area contributed by atoms with Crippen molar-refractivity contribution in [2.45, 2.75) is 31.7 Å². The molecular weight excluding hydrogens is 435 g/mol. The highest BCUT2D eigenvalue weighted by Crippen LogP contribution is 2.40. The predicted octanol–water partition coefficient (Wildman–Crippen LogP) is 5.31. The molecule has 2 aromatic heterocycles. The fraction of sp³-hybridized carbons (Fsp3) is 0.320. The zero-order valence-corrected chi connectivity index (χ0v) is 19.1. The van der Waals surface area contributed by atoms with Gasteiger partial charge in [-0.1, -0.05) is 12.1 Å². The molecule has 0 unspecified atom stereocenters. The van der Waals surface area contributed by atoms with E-state index in [0.29, 0.717) is 42.5 Å². The summed E-state index contributed by atoms with van der Waals surface area (Å²) < 4.78 is 24.2. The Morgan fingerprint density at radius 1 is 1.09 bits per heavy atom. The van der Waals surface area contributed by atoms with Gasteiger partial charge in [-0.2, -0.15) is 10.1 Å². The van der Waals surface area contributed by atoms with Crippen LogP contribution < -0.4 is 15.4 Å². The lowest BCUT2D eigenvalue weighted by Crippen LogP contribution is -2.11. The van der Waals surface area contributed by atoms with E-state index in [1.54, 1.807) is 19.2 Å². The molecule has 0 amide bonds. The van der Waals surface area contributed by atoms with Gasteiger partial charge in [-0.15, -0.1) is 0 Å². The number of nitrogens with zero attached hydrogens (tertiary/aromatic N) is 3. The molecule has 1 atom stereocenters. The Balaban J connectivity index is 1.46. The Morgan fingerprint density at radius 2 is 1.91 bits per heavy atom. The van der Waals surface area contributed by atoms with E-state index in [1.807, 2.05) is 31.2 Å². The molecule has 1 aliphatic rings. The zero-order chi connectivity index (χ0) is 23.5. The van der Waals surface area contributed by atoms with Crippen LogP contribution in [-0.4, -0.2) is 40.5 Å². The van der Waals surface area contributed by atoms with Gasteiger partial charge in [0.25, 0.3) is 0 Å². The van der Waals surface area contributed by atoms with Gasteiger partial charge < -0.3 is 20.1 Å². The Kier molecular flexibility index (Phi) is 6.27. The number of ether oxygens (including phenoxy) is 2. The highest BCUT2D eigenvalue weighted by molar-refractivity contribution is 5.92. The molecule has 1 fully saturated rings. The lowest BCUT2D eigenvalue weighted by atomic mass is 10.1. The number of rotatable bonds is 10. The van der Waals surface area contributed by atoms with Gasteiger partial charge in [0.1, 0.15) is 24.0 Å². The second-order valence-corrected chi connectivity index (χ2v) is 8.44. The topological polar surface area (TPSA) is 97.0 Å². The minimum atomic E-state index is -0.269. The normalized spacial score (nSPS) is 14.2. The summed E-state index contributed by atoms with van der Waals surface area (Å²) in [6, 6.07) is 14.0. The minimum Gasteiger partial charge on any atom is -0.491 e. The molecule has 0 aliphatic heterocycles. The van der Waals surface area contributed by atoms with E-state index in [-0.39, 0.29) is 11.9 Å². The van der Waals surface area contributed by atoms with Crippen molar-refractivity contribution in [3.05, 3.63) is 65.6 Å². The predicted molar refractivity (Wildman–Crippen MR) is 129 cm³/mol. The number of fused-ring (bicyclic) bond motifs is 1. The van der Waals surface area contributed by atoms with Crippen LogP contribution in [0.1, 0.15) is 43.0 Å². The summed E-state index contributed by atoms with van der Waals surface area (Å²) >= 11 is 0. The first kappa shape index (κ1) is 22.1. The molecule has 2 heterocycles. The molecular formula is C25H27FN6O2. The van der Waals surface area contributed by atoms with E-state index in [2.05, 4.69) is 20.8 Å². The van der Waals surface area contributed by atoms with Gasteiger partial charge in [0.2, 0.25) is 5.95 Å². The summed E-state index contributed by atoms with van der Waals surface area (Å²) in [5, 5.41) is 15.0. The molecule has 0 bridgehead atoms. The summed E-state index contributed by atoms with van der Waals surface area (Å²) in [6.45, 7) is 2.93. The van der Waals surface area contributed by atoms with Crippen LogP contribution in [0.5, 0.6) is 5.75 Å². The van der Waals surface area contributed by atoms with Crippen LogP contribution in [0.2, 0.25) is 0 Å². The van der Waals surface area contributed by atoms with Crippen LogP contribution in [0, 0.1) is 5.82 Å². The summed E-state index contributed by atoms with van der Waals surface area (Å²) in [5.74, 6) is 2.79. The van der Waals surface area contributed by atoms with E-state index in [4.69, 9.17) is 19.4 Å². The number of hydrogen-bond acceptors (Lipinski definition) is 7. The molecule has 176 valence electrons. The number of hydrogen-bond donors (Lipinski definition) is 3. The van der Waals surface area contributed by atoms with E-state index in [9.17, 15) is 4.39 Å². The van der Waals surface area contributed by atoms with Crippen molar-refractivity contribution < 1.29 is 13.9 Å². The van der Waals surface area contributed by atoms with E-state index in [1.165, 1.54) is 25.0 Å². The van der Waals surface area contributed by atoms with Gasteiger partial charge in [0.05, 0.1) is 18.2 Å². The average Bonchev–Trinajstić information content (AvgIpc) is 3.58. The number of anilines is 3. The Labute approximate surface area is 196 Å². The molecule has 0 saturated heterocycles. The standard InChI is InChI=1S/C25H27FN6O2/c1-15(16-5-7-18(26)8-6-16)27-25-28-22-13-19(34-12-11-33-2)9-10-20(22)24(30-25)29-23-14-21(31-32-23)17-3-4-17/h5-10,13-15,17H,3-4,11-12H2,1-2H3,(H3,27,28,29,30,31,32)/t15-/m0/s1. The molecule has 3 N–H and O–H groups in total. The maximum atomic E-state index is 13.3. The molecule has 1 aliphatic carbocycles. The molecule has 9 heteroatoms.